The van der Waals surface area contributed by atoms with Crippen molar-refractivity contribution in [2.45, 2.75) is 19.4 Å². The maximum absolute atomic E-state index is 13.7. The number of hydrogen-bond acceptors (Lipinski definition) is 3. The van der Waals surface area contributed by atoms with Crippen LogP contribution in [0.2, 0.25) is 0 Å². The lowest BCUT2D eigenvalue weighted by Gasteiger charge is -2.31. The molecule has 1 aliphatic rings. The van der Waals surface area contributed by atoms with Gasteiger partial charge in [0.25, 0.3) is 0 Å². The molecule has 4 nitrogen and oxygen atoms in total. The molecule has 0 spiro atoms. The molecule has 0 aliphatic carbocycles. The number of nitrogens with zero attached hydrogens (tertiary/aromatic N) is 1. The first-order valence-corrected chi connectivity index (χ1v) is 9.23. The van der Waals surface area contributed by atoms with Crippen molar-refractivity contribution in [3.05, 3.63) is 65.7 Å². The molecule has 2 aromatic rings. The number of hydrogen-bond donors (Lipinski definition) is 1. The van der Waals surface area contributed by atoms with E-state index in [0.717, 1.165) is 25.9 Å². The van der Waals surface area contributed by atoms with Crippen LogP contribution in [0.25, 0.3) is 0 Å². The highest BCUT2D eigenvalue weighted by molar-refractivity contribution is 5.78. The molecule has 0 aromatic heterocycles. The van der Waals surface area contributed by atoms with Crippen LogP contribution in [0, 0.1) is 17.6 Å². The van der Waals surface area contributed by atoms with Crippen molar-refractivity contribution >= 4 is 5.91 Å². The van der Waals surface area contributed by atoms with Crippen molar-refractivity contribution in [3.63, 3.8) is 0 Å². The van der Waals surface area contributed by atoms with Crippen molar-refractivity contribution in [2.24, 2.45) is 5.92 Å². The average molecular weight is 374 g/mol. The average Bonchev–Trinajstić information content (AvgIpc) is 2.69. The molecule has 0 saturated carbocycles. The molecule has 1 N–H and O–H groups in total. The molecule has 1 saturated heterocycles. The van der Waals surface area contributed by atoms with Crippen molar-refractivity contribution in [1.29, 1.82) is 0 Å². The second kappa shape index (κ2) is 9.46. The van der Waals surface area contributed by atoms with Gasteiger partial charge in [-0.05, 0) is 56.3 Å². The van der Waals surface area contributed by atoms with E-state index in [-0.39, 0.29) is 23.5 Å². The van der Waals surface area contributed by atoms with E-state index in [4.69, 9.17) is 4.74 Å². The highest BCUT2D eigenvalue weighted by atomic mass is 19.1. The molecule has 1 aliphatic heterocycles. The summed E-state index contributed by atoms with van der Waals surface area (Å²) in [6.45, 7) is 2.87. The van der Waals surface area contributed by atoms with Gasteiger partial charge >= 0.3 is 0 Å². The molecule has 144 valence electrons. The number of likely N-dealkylation sites (tertiary alicyclic amines) is 1. The summed E-state index contributed by atoms with van der Waals surface area (Å²) in [5.41, 5.74) is 0.693. The minimum Gasteiger partial charge on any atom is -0.492 e. The third-order valence-electron chi connectivity index (χ3n) is 4.79. The second-order valence-electron chi connectivity index (χ2n) is 6.74. The van der Waals surface area contributed by atoms with Crippen LogP contribution in [-0.2, 0) is 11.3 Å². The van der Waals surface area contributed by atoms with E-state index in [2.05, 4.69) is 10.2 Å². The Morgan fingerprint density at radius 1 is 1.07 bits per heavy atom. The summed E-state index contributed by atoms with van der Waals surface area (Å²) in [5.74, 6) is 0.0959. The van der Waals surface area contributed by atoms with Crippen LogP contribution >= 0.6 is 0 Å². The van der Waals surface area contributed by atoms with E-state index < -0.39 is 0 Å². The molecule has 0 bridgehead atoms. The maximum atomic E-state index is 13.7. The zero-order valence-electron chi connectivity index (χ0n) is 15.2. The fourth-order valence-corrected chi connectivity index (χ4v) is 3.24. The summed E-state index contributed by atoms with van der Waals surface area (Å²) in [6.07, 6.45) is 1.53. The number of amides is 1. The molecule has 2 aromatic carbocycles. The summed E-state index contributed by atoms with van der Waals surface area (Å²) in [5, 5.41) is 2.89. The molecule has 0 radical (unpaired) electrons. The highest BCUT2D eigenvalue weighted by Gasteiger charge is 2.25. The maximum Gasteiger partial charge on any atom is 0.223 e. The normalized spacial score (nSPS) is 15.5. The van der Waals surface area contributed by atoms with Gasteiger partial charge in [-0.25, -0.2) is 8.78 Å². The van der Waals surface area contributed by atoms with Gasteiger partial charge in [0.05, 0.1) is 6.54 Å². The minimum absolute atomic E-state index is 0.0207. The van der Waals surface area contributed by atoms with Crippen molar-refractivity contribution in [3.8, 4) is 5.75 Å². The highest BCUT2D eigenvalue weighted by Crippen LogP contribution is 2.20. The van der Waals surface area contributed by atoms with Crippen LogP contribution in [0.15, 0.2) is 48.5 Å². The Balaban J connectivity index is 1.34. The van der Waals surface area contributed by atoms with E-state index in [1.165, 1.54) is 18.2 Å². The predicted molar refractivity (Wildman–Crippen MR) is 99.3 cm³/mol. The Kier molecular flexibility index (Phi) is 6.76. The molecule has 1 heterocycles. The minimum atomic E-state index is -0.308. The lowest BCUT2D eigenvalue weighted by Crippen LogP contribution is -2.41. The van der Waals surface area contributed by atoms with Gasteiger partial charge in [-0.3, -0.25) is 9.69 Å². The van der Waals surface area contributed by atoms with Crippen LogP contribution in [-0.4, -0.2) is 37.0 Å². The number of ether oxygens (including phenoxy) is 1. The molecular formula is C21H24F2N2O2. The van der Waals surface area contributed by atoms with Crippen molar-refractivity contribution in [2.75, 3.05) is 26.2 Å². The van der Waals surface area contributed by atoms with E-state index in [9.17, 15) is 13.6 Å². The van der Waals surface area contributed by atoms with E-state index >= 15 is 0 Å². The zero-order valence-corrected chi connectivity index (χ0v) is 15.2. The van der Waals surface area contributed by atoms with E-state index in [0.29, 0.717) is 31.0 Å². The molecular weight excluding hydrogens is 350 g/mol. The molecule has 1 fully saturated rings. The Morgan fingerprint density at radius 3 is 2.48 bits per heavy atom. The quantitative estimate of drug-likeness (QED) is 0.756. The van der Waals surface area contributed by atoms with E-state index in [1.54, 1.807) is 24.3 Å². The third kappa shape index (κ3) is 5.76. The molecule has 6 heteroatoms. The number of carbonyl (C=O) groups excluding carboxylic acids is 1. The smallest absolute Gasteiger partial charge is 0.223 e. The largest absolute Gasteiger partial charge is 0.492 e. The Labute approximate surface area is 158 Å². The number of halogens is 2. The summed E-state index contributed by atoms with van der Waals surface area (Å²) >= 11 is 0. The fourth-order valence-electron chi connectivity index (χ4n) is 3.24. The van der Waals surface area contributed by atoms with Gasteiger partial charge in [-0.1, -0.05) is 18.2 Å². The first-order chi connectivity index (χ1) is 13.1. The zero-order chi connectivity index (χ0) is 19.1. The molecule has 0 unspecified atom stereocenters. The van der Waals surface area contributed by atoms with Crippen LogP contribution in [0.4, 0.5) is 8.78 Å². The van der Waals surface area contributed by atoms with Crippen LogP contribution in [0.5, 0.6) is 5.75 Å². The second-order valence-corrected chi connectivity index (χ2v) is 6.74. The van der Waals surface area contributed by atoms with Gasteiger partial charge in [-0.2, -0.15) is 0 Å². The first kappa shape index (κ1) is 19.3. The molecule has 3 rings (SSSR count). The molecule has 27 heavy (non-hydrogen) atoms. The van der Waals surface area contributed by atoms with Crippen molar-refractivity contribution < 1.29 is 18.3 Å². The standard InChI is InChI=1S/C21H24F2N2O2/c22-18-5-7-19(8-6-18)27-14-11-24-21(26)16-9-12-25(13-10-16)15-17-3-1-2-4-20(17)23/h1-8,16H,9-15H2,(H,24,26). The number of piperidine rings is 1. The van der Waals surface area contributed by atoms with Gasteiger partial charge in [0.1, 0.15) is 24.0 Å². The number of rotatable bonds is 7. The summed E-state index contributed by atoms with van der Waals surface area (Å²) in [6, 6.07) is 12.6. The lowest BCUT2D eigenvalue weighted by molar-refractivity contribution is -0.126. The van der Waals surface area contributed by atoms with Crippen LogP contribution < -0.4 is 10.1 Å². The van der Waals surface area contributed by atoms with Gasteiger partial charge in [0.2, 0.25) is 5.91 Å². The SMILES string of the molecule is O=C(NCCOc1ccc(F)cc1)C1CCN(Cc2ccccc2F)CC1. The summed E-state index contributed by atoms with van der Waals surface area (Å²) in [7, 11) is 0. The summed E-state index contributed by atoms with van der Waals surface area (Å²) in [4.78, 5) is 14.5. The third-order valence-corrected chi connectivity index (χ3v) is 4.79. The van der Waals surface area contributed by atoms with Gasteiger partial charge in [-0.15, -0.1) is 0 Å². The summed E-state index contributed by atoms with van der Waals surface area (Å²) < 4.78 is 32.0. The Hall–Kier alpha value is -2.47. The van der Waals surface area contributed by atoms with Gasteiger partial charge in [0.15, 0.2) is 0 Å². The number of nitrogens with one attached hydrogen (secondary N) is 1. The van der Waals surface area contributed by atoms with E-state index in [1.807, 2.05) is 6.07 Å². The molecule has 1 amide bonds. The molecule has 0 atom stereocenters. The predicted octanol–water partition coefficient (Wildman–Crippen LogP) is 3.37. The Morgan fingerprint density at radius 2 is 1.78 bits per heavy atom. The van der Waals surface area contributed by atoms with Gasteiger partial charge < -0.3 is 10.1 Å². The lowest BCUT2D eigenvalue weighted by atomic mass is 9.95. The van der Waals surface area contributed by atoms with Crippen LogP contribution in [0.3, 0.4) is 0 Å². The number of carbonyl (C=O) groups is 1. The van der Waals surface area contributed by atoms with Crippen molar-refractivity contribution in [1.82, 2.24) is 10.2 Å². The Bertz CT molecular complexity index is 744. The van der Waals surface area contributed by atoms with Gasteiger partial charge in [0, 0.05) is 18.0 Å². The fraction of sp³-hybridized carbons (Fsp3) is 0.381. The number of benzene rings is 2. The topological polar surface area (TPSA) is 41.6 Å². The monoisotopic (exact) mass is 374 g/mol. The van der Waals surface area contributed by atoms with Crippen LogP contribution in [0.1, 0.15) is 18.4 Å². The first-order valence-electron chi connectivity index (χ1n) is 9.23.